The maximum atomic E-state index is 5.29. The third-order valence-electron chi connectivity index (χ3n) is 1.00. The SMILES string of the molecule is COOCc1ccc(N)o1. The smallest absolute Gasteiger partial charge is 0.190 e. The van der Waals surface area contributed by atoms with Crippen LogP contribution in [0.3, 0.4) is 0 Å². The van der Waals surface area contributed by atoms with E-state index in [4.69, 9.17) is 10.2 Å². The summed E-state index contributed by atoms with van der Waals surface area (Å²) < 4.78 is 4.96. The van der Waals surface area contributed by atoms with Crippen LogP contribution in [0, 0.1) is 0 Å². The molecular weight excluding hydrogens is 134 g/mol. The standard InChI is InChI=1S/C6H9NO3/c1-8-9-4-5-2-3-6(7)10-5/h2-3H,4,7H2,1H3. The highest BCUT2D eigenvalue weighted by atomic mass is 17.2. The first-order valence-corrected chi connectivity index (χ1v) is 2.82. The third kappa shape index (κ3) is 1.75. The van der Waals surface area contributed by atoms with Crippen molar-refractivity contribution in [3.05, 3.63) is 17.9 Å². The van der Waals surface area contributed by atoms with Gasteiger partial charge in [0.2, 0.25) is 0 Å². The maximum Gasteiger partial charge on any atom is 0.190 e. The van der Waals surface area contributed by atoms with Crippen LogP contribution in [0.1, 0.15) is 5.76 Å². The summed E-state index contributed by atoms with van der Waals surface area (Å²) in [6.07, 6.45) is 0. The van der Waals surface area contributed by atoms with Crippen LogP contribution in [-0.2, 0) is 16.4 Å². The van der Waals surface area contributed by atoms with E-state index >= 15 is 0 Å². The van der Waals surface area contributed by atoms with Crippen molar-refractivity contribution < 1.29 is 14.2 Å². The molecule has 1 heterocycles. The predicted molar refractivity (Wildman–Crippen MR) is 34.9 cm³/mol. The van der Waals surface area contributed by atoms with Gasteiger partial charge in [-0.25, -0.2) is 9.78 Å². The van der Waals surface area contributed by atoms with Gasteiger partial charge in [0.15, 0.2) is 5.88 Å². The molecule has 0 bridgehead atoms. The summed E-state index contributed by atoms with van der Waals surface area (Å²) in [5, 5.41) is 0. The highest BCUT2D eigenvalue weighted by molar-refractivity contribution is 5.24. The van der Waals surface area contributed by atoms with Gasteiger partial charge in [-0.05, 0) is 6.07 Å². The van der Waals surface area contributed by atoms with Crippen LogP contribution in [0.2, 0.25) is 0 Å². The van der Waals surface area contributed by atoms with Gasteiger partial charge in [0.05, 0.1) is 7.11 Å². The molecule has 0 aliphatic rings. The highest BCUT2D eigenvalue weighted by Gasteiger charge is 1.97. The molecule has 0 aliphatic heterocycles. The molecule has 0 fully saturated rings. The van der Waals surface area contributed by atoms with E-state index in [1.54, 1.807) is 12.1 Å². The molecule has 56 valence electrons. The maximum absolute atomic E-state index is 5.29. The van der Waals surface area contributed by atoms with Crippen molar-refractivity contribution in [2.45, 2.75) is 6.61 Å². The summed E-state index contributed by atoms with van der Waals surface area (Å²) in [6.45, 7) is 0.285. The minimum Gasteiger partial charge on any atom is -0.443 e. The van der Waals surface area contributed by atoms with Gasteiger partial charge >= 0.3 is 0 Å². The zero-order chi connectivity index (χ0) is 7.40. The number of anilines is 1. The molecule has 0 saturated carbocycles. The van der Waals surface area contributed by atoms with Gasteiger partial charge in [-0.2, -0.15) is 0 Å². The lowest BCUT2D eigenvalue weighted by Crippen LogP contribution is -1.88. The monoisotopic (exact) mass is 143 g/mol. The van der Waals surface area contributed by atoms with Gasteiger partial charge in [-0.1, -0.05) is 0 Å². The van der Waals surface area contributed by atoms with Crippen molar-refractivity contribution in [1.82, 2.24) is 0 Å². The fourth-order valence-electron chi connectivity index (χ4n) is 0.589. The first-order chi connectivity index (χ1) is 4.83. The number of hydrogen-bond acceptors (Lipinski definition) is 4. The van der Waals surface area contributed by atoms with Crippen molar-refractivity contribution in [3.8, 4) is 0 Å². The van der Waals surface area contributed by atoms with Crippen molar-refractivity contribution in [1.29, 1.82) is 0 Å². The molecule has 1 aromatic heterocycles. The van der Waals surface area contributed by atoms with Crippen molar-refractivity contribution in [2.24, 2.45) is 0 Å². The lowest BCUT2D eigenvalue weighted by atomic mass is 10.5. The Balaban J connectivity index is 2.42. The summed E-state index contributed by atoms with van der Waals surface area (Å²) in [6, 6.07) is 3.39. The molecule has 10 heavy (non-hydrogen) atoms. The zero-order valence-corrected chi connectivity index (χ0v) is 5.66. The van der Waals surface area contributed by atoms with Gasteiger partial charge < -0.3 is 10.2 Å². The average Bonchev–Trinajstić information content (AvgIpc) is 2.31. The summed E-state index contributed by atoms with van der Waals surface area (Å²) in [5.74, 6) is 1.04. The summed E-state index contributed by atoms with van der Waals surface area (Å²) in [4.78, 5) is 8.94. The van der Waals surface area contributed by atoms with E-state index < -0.39 is 0 Å². The Morgan fingerprint density at radius 3 is 2.90 bits per heavy atom. The van der Waals surface area contributed by atoms with Gasteiger partial charge in [-0.15, -0.1) is 0 Å². The minimum atomic E-state index is 0.285. The van der Waals surface area contributed by atoms with E-state index in [1.165, 1.54) is 7.11 Å². The minimum absolute atomic E-state index is 0.285. The number of nitrogen functional groups attached to an aromatic ring is 1. The van der Waals surface area contributed by atoms with Gasteiger partial charge in [0, 0.05) is 6.07 Å². The van der Waals surface area contributed by atoms with Crippen LogP contribution < -0.4 is 5.73 Å². The number of furan rings is 1. The van der Waals surface area contributed by atoms with Gasteiger partial charge in [0.25, 0.3) is 0 Å². The molecule has 0 unspecified atom stereocenters. The molecular formula is C6H9NO3. The Morgan fingerprint density at radius 2 is 2.40 bits per heavy atom. The molecule has 1 rings (SSSR count). The predicted octanol–water partition coefficient (Wildman–Crippen LogP) is 0.940. The lowest BCUT2D eigenvalue weighted by Gasteiger charge is -1.93. The molecule has 0 amide bonds. The van der Waals surface area contributed by atoms with E-state index in [1.807, 2.05) is 0 Å². The van der Waals surface area contributed by atoms with Crippen molar-refractivity contribution >= 4 is 5.88 Å². The summed E-state index contributed by atoms with van der Waals surface area (Å²) in [7, 11) is 1.44. The Labute approximate surface area is 58.5 Å². The number of rotatable bonds is 3. The molecule has 0 radical (unpaired) electrons. The second-order valence-electron chi connectivity index (χ2n) is 1.73. The number of hydrogen-bond donors (Lipinski definition) is 1. The normalized spacial score (nSPS) is 10.1. The molecule has 4 nitrogen and oxygen atoms in total. The fourth-order valence-corrected chi connectivity index (χ4v) is 0.589. The largest absolute Gasteiger partial charge is 0.443 e. The van der Waals surface area contributed by atoms with E-state index in [-0.39, 0.29) is 6.61 Å². The fraction of sp³-hybridized carbons (Fsp3) is 0.333. The summed E-state index contributed by atoms with van der Waals surface area (Å²) in [5.41, 5.74) is 5.29. The topological polar surface area (TPSA) is 57.6 Å². The molecule has 0 aliphatic carbocycles. The van der Waals surface area contributed by atoms with Crippen molar-refractivity contribution in [2.75, 3.05) is 12.8 Å². The van der Waals surface area contributed by atoms with Crippen LogP contribution in [-0.4, -0.2) is 7.11 Å². The van der Waals surface area contributed by atoms with Gasteiger partial charge in [-0.3, -0.25) is 0 Å². The Hall–Kier alpha value is -1.00. The van der Waals surface area contributed by atoms with E-state index in [0.717, 1.165) is 0 Å². The van der Waals surface area contributed by atoms with Crippen LogP contribution in [0.5, 0.6) is 0 Å². The highest BCUT2D eigenvalue weighted by Crippen LogP contribution is 2.09. The summed E-state index contributed by atoms with van der Waals surface area (Å²) >= 11 is 0. The molecule has 0 spiro atoms. The third-order valence-corrected chi connectivity index (χ3v) is 1.00. The first-order valence-electron chi connectivity index (χ1n) is 2.82. The first kappa shape index (κ1) is 7.11. The Kier molecular flexibility index (Phi) is 2.30. The zero-order valence-electron chi connectivity index (χ0n) is 5.66. The van der Waals surface area contributed by atoms with E-state index in [0.29, 0.717) is 11.6 Å². The second kappa shape index (κ2) is 3.24. The lowest BCUT2D eigenvalue weighted by molar-refractivity contribution is -0.284. The van der Waals surface area contributed by atoms with Crippen LogP contribution >= 0.6 is 0 Å². The van der Waals surface area contributed by atoms with Gasteiger partial charge in [0.1, 0.15) is 12.4 Å². The quantitative estimate of drug-likeness (QED) is 0.505. The van der Waals surface area contributed by atoms with Crippen LogP contribution in [0.15, 0.2) is 16.5 Å². The molecule has 0 atom stereocenters. The van der Waals surface area contributed by atoms with Crippen molar-refractivity contribution in [3.63, 3.8) is 0 Å². The van der Waals surface area contributed by atoms with E-state index in [9.17, 15) is 0 Å². The number of nitrogens with two attached hydrogens (primary N) is 1. The van der Waals surface area contributed by atoms with E-state index in [2.05, 4.69) is 9.78 Å². The molecule has 0 aromatic carbocycles. The second-order valence-corrected chi connectivity index (χ2v) is 1.73. The molecule has 4 heteroatoms. The van der Waals surface area contributed by atoms with Crippen LogP contribution in [0.25, 0.3) is 0 Å². The van der Waals surface area contributed by atoms with Crippen LogP contribution in [0.4, 0.5) is 5.88 Å². The molecule has 0 saturated heterocycles. The Morgan fingerprint density at radius 1 is 1.60 bits per heavy atom. The molecule has 1 aromatic rings. The Bertz CT molecular complexity index is 197. The molecule has 2 N–H and O–H groups in total. The average molecular weight is 143 g/mol.